The van der Waals surface area contributed by atoms with Crippen molar-refractivity contribution in [3.8, 4) is 0 Å². The van der Waals surface area contributed by atoms with Crippen molar-refractivity contribution in [3.05, 3.63) is 33.8 Å². The Morgan fingerprint density at radius 3 is 2.69 bits per heavy atom. The highest BCUT2D eigenvalue weighted by molar-refractivity contribution is 6.33. The molecule has 1 fully saturated rings. The third-order valence-electron chi connectivity index (χ3n) is 3.41. The van der Waals surface area contributed by atoms with Crippen LogP contribution in [0.4, 0.5) is 0 Å². The zero-order valence-electron chi connectivity index (χ0n) is 9.29. The lowest BCUT2D eigenvalue weighted by molar-refractivity contribution is 0.105. The summed E-state index contributed by atoms with van der Waals surface area (Å²) >= 11 is 12.0. The van der Waals surface area contributed by atoms with E-state index in [4.69, 9.17) is 23.2 Å². The maximum absolute atomic E-state index is 10.1. The van der Waals surface area contributed by atoms with Crippen LogP contribution in [0.3, 0.4) is 0 Å². The van der Waals surface area contributed by atoms with E-state index in [1.54, 1.807) is 12.1 Å². The molecule has 0 aliphatic heterocycles. The predicted octanol–water partition coefficient (Wildman–Crippen LogP) is 3.94. The van der Waals surface area contributed by atoms with Crippen molar-refractivity contribution in [2.24, 2.45) is 11.8 Å². The van der Waals surface area contributed by atoms with Gasteiger partial charge in [-0.3, -0.25) is 0 Å². The molecule has 1 aliphatic carbocycles. The van der Waals surface area contributed by atoms with E-state index >= 15 is 0 Å². The van der Waals surface area contributed by atoms with Gasteiger partial charge < -0.3 is 5.11 Å². The van der Waals surface area contributed by atoms with E-state index < -0.39 is 0 Å². The Labute approximate surface area is 106 Å². The molecular formula is C13H16Cl2O. The third-order valence-corrected chi connectivity index (χ3v) is 4.01. The van der Waals surface area contributed by atoms with E-state index in [1.165, 1.54) is 12.8 Å². The van der Waals surface area contributed by atoms with E-state index in [1.807, 2.05) is 6.07 Å². The first-order valence-corrected chi connectivity index (χ1v) is 6.45. The molecule has 2 unspecified atom stereocenters. The first-order chi connectivity index (χ1) is 7.58. The second-order valence-electron chi connectivity index (χ2n) is 4.70. The maximum Gasteiger partial charge on any atom is 0.0609 e. The smallest absolute Gasteiger partial charge is 0.0609 e. The summed E-state index contributed by atoms with van der Waals surface area (Å²) in [6.45, 7) is 2.11. The van der Waals surface area contributed by atoms with Crippen LogP contribution >= 0.6 is 23.2 Å². The average molecular weight is 259 g/mol. The quantitative estimate of drug-likeness (QED) is 0.868. The van der Waals surface area contributed by atoms with Crippen LogP contribution in [0.1, 0.15) is 25.3 Å². The molecule has 1 N–H and O–H groups in total. The summed E-state index contributed by atoms with van der Waals surface area (Å²) < 4.78 is 0. The molecule has 0 spiro atoms. The van der Waals surface area contributed by atoms with Crippen LogP contribution in [0.2, 0.25) is 10.0 Å². The van der Waals surface area contributed by atoms with Crippen molar-refractivity contribution in [2.75, 3.05) is 0 Å². The number of rotatable bonds is 4. The van der Waals surface area contributed by atoms with Crippen molar-refractivity contribution >= 4 is 23.2 Å². The van der Waals surface area contributed by atoms with Crippen molar-refractivity contribution in [2.45, 2.75) is 32.3 Å². The molecule has 1 nitrogen and oxygen atoms in total. The lowest BCUT2D eigenvalue weighted by atomic mass is 9.94. The zero-order valence-corrected chi connectivity index (χ0v) is 10.8. The molecule has 0 saturated heterocycles. The summed E-state index contributed by atoms with van der Waals surface area (Å²) in [5.74, 6) is 1.06. The summed E-state index contributed by atoms with van der Waals surface area (Å²) in [6.07, 6.45) is 2.78. The van der Waals surface area contributed by atoms with E-state index in [0.29, 0.717) is 28.3 Å². The second kappa shape index (κ2) is 4.95. The van der Waals surface area contributed by atoms with Crippen molar-refractivity contribution in [3.63, 3.8) is 0 Å². The second-order valence-corrected chi connectivity index (χ2v) is 5.55. The SMILES string of the molecule is CC(C(O)Cc1cc(Cl)ccc1Cl)C1CC1. The highest BCUT2D eigenvalue weighted by Gasteiger charge is 2.32. The molecule has 1 saturated carbocycles. The van der Waals surface area contributed by atoms with Crippen LogP contribution in [0.5, 0.6) is 0 Å². The molecule has 1 aliphatic rings. The Hall–Kier alpha value is -0.240. The zero-order chi connectivity index (χ0) is 11.7. The standard InChI is InChI=1S/C13H16Cl2O/c1-8(9-2-3-9)13(16)7-10-6-11(14)4-5-12(10)15/h4-6,8-9,13,16H,2-3,7H2,1H3. The van der Waals surface area contributed by atoms with Gasteiger partial charge in [0.1, 0.15) is 0 Å². The number of benzene rings is 1. The Balaban J connectivity index is 2.04. The van der Waals surface area contributed by atoms with Gasteiger partial charge in [0.05, 0.1) is 6.10 Å². The van der Waals surface area contributed by atoms with Gasteiger partial charge in [-0.25, -0.2) is 0 Å². The number of aliphatic hydroxyl groups excluding tert-OH is 1. The summed E-state index contributed by atoms with van der Waals surface area (Å²) in [5.41, 5.74) is 0.939. The predicted molar refractivity (Wildman–Crippen MR) is 68.1 cm³/mol. The molecule has 0 heterocycles. The fraction of sp³-hybridized carbons (Fsp3) is 0.538. The van der Waals surface area contributed by atoms with Crippen LogP contribution in [0.15, 0.2) is 18.2 Å². The third kappa shape index (κ3) is 2.91. The molecule has 0 aromatic heterocycles. The largest absolute Gasteiger partial charge is 0.392 e. The highest BCUT2D eigenvalue weighted by atomic mass is 35.5. The average Bonchev–Trinajstić information content (AvgIpc) is 3.06. The minimum absolute atomic E-state index is 0.316. The van der Waals surface area contributed by atoms with Crippen LogP contribution in [0, 0.1) is 11.8 Å². The van der Waals surface area contributed by atoms with Crippen molar-refractivity contribution in [1.82, 2.24) is 0 Å². The lowest BCUT2D eigenvalue weighted by Crippen LogP contribution is -2.22. The van der Waals surface area contributed by atoms with Gasteiger partial charge in [-0.1, -0.05) is 30.1 Å². The van der Waals surface area contributed by atoms with E-state index in [-0.39, 0.29) is 6.10 Å². The Bertz CT molecular complexity index is 374. The normalized spacial score (nSPS) is 19.5. The molecule has 16 heavy (non-hydrogen) atoms. The summed E-state index contributed by atoms with van der Waals surface area (Å²) in [6, 6.07) is 5.39. The van der Waals surface area contributed by atoms with E-state index in [9.17, 15) is 5.11 Å². The fourth-order valence-corrected chi connectivity index (χ4v) is 2.44. The molecule has 1 aromatic rings. The molecule has 88 valence electrons. The molecule has 3 heteroatoms. The van der Waals surface area contributed by atoms with Crippen molar-refractivity contribution < 1.29 is 5.11 Å². The van der Waals surface area contributed by atoms with Crippen LogP contribution in [-0.2, 0) is 6.42 Å². The molecular weight excluding hydrogens is 243 g/mol. The van der Waals surface area contributed by atoms with Gasteiger partial charge in [-0.2, -0.15) is 0 Å². The lowest BCUT2D eigenvalue weighted by Gasteiger charge is -2.19. The van der Waals surface area contributed by atoms with E-state index in [0.717, 1.165) is 5.56 Å². The summed E-state index contributed by atoms with van der Waals surface area (Å²) in [7, 11) is 0. The first kappa shape index (κ1) is 12.2. The number of hydrogen-bond donors (Lipinski definition) is 1. The first-order valence-electron chi connectivity index (χ1n) is 5.70. The van der Waals surface area contributed by atoms with Crippen LogP contribution in [0.25, 0.3) is 0 Å². The number of hydrogen-bond acceptors (Lipinski definition) is 1. The summed E-state index contributed by atoms with van der Waals surface area (Å²) in [5, 5.41) is 11.5. The molecule has 2 atom stereocenters. The van der Waals surface area contributed by atoms with Crippen LogP contribution < -0.4 is 0 Å². The van der Waals surface area contributed by atoms with Crippen molar-refractivity contribution in [1.29, 1.82) is 0 Å². The van der Waals surface area contributed by atoms with Gasteiger partial charge in [0, 0.05) is 16.5 Å². The monoisotopic (exact) mass is 258 g/mol. The van der Waals surface area contributed by atoms with Crippen LogP contribution in [-0.4, -0.2) is 11.2 Å². The molecule has 0 radical (unpaired) electrons. The summed E-state index contributed by atoms with van der Waals surface area (Å²) in [4.78, 5) is 0. The molecule has 2 rings (SSSR count). The molecule has 1 aromatic carbocycles. The minimum atomic E-state index is -0.316. The molecule has 0 bridgehead atoms. The topological polar surface area (TPSA) is 20.2 Å². The fourth-order valence-electron chi connectivity index (χ4n) is 2.05. The van der Waals surface area contributed by atoms with Gasteiger partial charge >= 0.3 is 0 Å². The minimum Gasteiger partial charge on any atom is -0.392 e. The Morgan fingerprint density at radius 2 is 2.06 bits per heavy atom. The maximum atomic E-state index is 10.1. The highest BCUT2D eigenvalue weighted by Crippen LogP contribution is 2.39. The number of aliphatic hydroxyl groups is 1. The molecule has 0 amide bonds. The van der Waals surface area contributed by atoms with Gasteiger partial charge in [-0.15, -0.1) is 0 Å². The Kier molecular flexibility index (Phi) is 3.78. The van der Waals surface area contributed by atoms with Gasteiger partial charge in [0.15, 0.2) is 0 Å². The van der Waals surface area contributed by atoms with Gasteiger partial charge in [-0.05, 0) is 48.4 Å². The van der Waals surface area contributed by atoms with E-state index in [2.05, 4.69) is 6.92 Å². The Morgan fingerprint density at radius 1 is 1.38 bits per heavy atom. The van der Waals surface area contributed by atoms with Gasteiger partial charge in [0.2, 0.25) is 0 Å². The number of halogens is 2. The van der Waals surface area contributed by atoms with Gasteiger partial charge in [0.25, 0.3) is 0 Å².